The molecule has 0 spiro atoms. The lowest BCUT2D eigenvalue weighted by molar-refractivity contribution is -0.129. The van der Waals surface area contributed by atoms with Crippen molar-refractivity contribution in [2.75, 3.05) is 26.9 Å². The molecule has 108 valence electrons. The molecule has 20 heavy (non-hydrogen) atoms. The molecule has 1 amide bonds. The molecule has 1 fully saturated rings. The summed E-state index contributed by atoms with van der Waals surface area (Å²) >= 11 is 0. The van der Waals surface area contributed by atoms with Crippen LogP contribution in [0.15, 0.2) is 12.1 Å². The standard InChI is InChI=1S/C15H19NO4/c1-10(17)16-6-5-11-3-4-14(18-2)15(13(11)7-16)20-9-12-8-19-12/h3-4,12H,5-9H2,1-2H3. The number of rotatable bonds is 4. The second kappa shape index (κ2) is 5.32. The van der Waals surface area contributed by atoms with E-state index in [0.29, 0.717) is 13.2 Å². The normalized spacial score (nSPS) is 20.3. The second-order valence-corrected chi connectivity index (χ2v) is 5.19. The number of methoxy groups -OCH3 is 1. The molecule has 5 nitrogen and oxygen atoms in total. The van der Waals surface area contributed by atoms with Crippen LogP contribution in [0.25, 0.3) is 0 Å². The summed E-state index contributed by atoms with van der Waals surface area (Å²) in [6.07, 6.45) is 1.05. The number of fused-ring (bicyclic) bond motifs is 1. The Morgan fingerprint density at radius 1 is 1.50 bits per heavy atom. The van der Waals surface area contributed by atoms with Crippen molar-refractivity contribution >= 4 is 5.91 Å². The van der Waals surface area contributed by atoms with Crippen LogP contribution < -0.4 is 9.47 Å². The first-order chi connectivity index (χ1) is 9.69. The molecule has 1 atom stereocenters. The minimum atomic E-state index is 0.0925. The fourth-order valence-electron chi connectivity index (χ4n) is 2.51. The van der Waals surface area contributed by atoms with Crippen LogP contribution in [-0.4, -0.2) is 43.8 Å². The number of nitrogens with zero attached hydrogens (tertiary/aromatic N) is 1. The lowest BCUT2D eigenvalue weighted by atomic mass is 9.98. The van der Waals surface area contributed by atoms with Crippen LogP contribution in [0.5, 0.6) is 11.5 Å². The molecule has 0 aromatic heterocycles. The Kier molecular flexibility index (Phi) is 3.53. The van der Waals surface area contributed by atoms with Crippen LogP contribution in [-0.2, 0) is 22.5 Å². The number of carbonyl (C=O) groups is 1. The Bertz CT molecular complexity index is 525. The molecule has 0 saturated carbocycles. The van der Waals surface area contributed by atoms with Gasteiger partial charge >= 0.3 is 0 Å². The predicted molar refractivity (Wildman–Crippen MR) is 73.0 cm³/mol. The summed E-state index contributed by atoms with van der Waals surface area (Å²) in [7, 11) is 1.63. The third-order valence-electron chi connectivity index (χ3n) is 3.80. The van der Waals surface area contributed by atoms with Gasteiger partial charge in [0.2, 0.25) is 5.91 Å². The van der Waals surface area contributed by atoms with Crippen LogP contribution >= 0.6 is 0 Å². The zero-order valence-corrected chi connectivity index (χ0v) is 11.8. The van der Waals surface area contributed by atoms with Crippen molar-refractivity contribution in [2.24, 2.45) is 0 Å². The smallest absolute Gasteiger partial charge is 0.219 e. The number of benzene rings is 1. The summed E-state index contributed by atoms with van der Waals surface area (Å²) in [4.78, 5) is 13.4. The Hall–Kier alpha value is -1.75. The Balaban J connectivity index is 1.90. The van der Waals surface area contributed by atoms with Gasteiger partial charge in [0.25, 0.3) is 0 Å². The lowest BCUT2D eigenvalue weighted by Crippen LogP contribution is -2.34. The van der Waals surface area contributed by atoms with Crippen molar-refractivity contribution < 1.29 is 19.0 Å². The summed E-state index contributed by atoms with van der Waals surface area (Å²) in [5, 5.41) is 0. The molecule has 0 radical (unpaired) electrons. The van der Waals surface area contributed by atoms with Crippen LogP contribution in [0, 0.1) is 0 Å². The average Bonchev–Trinajstić information content (AvgIpc) is 3.28. The maximum absolute atomic E-state index is 11.6. The van der Waals surface area contributed by atoms with Gasteiger partial charge in [-0.15, -0.1) is 0 Å². The van der Waals surface area contributed by atoms with Crippen LogP contribution in [0.3, 0.4) is 0 Å². The third-order valence-corrected chi connectivity index (χ3v) is 3.80. The molecule has 3 rings (SSSR count). The van der Waals surface area contributed by atoms with E-state index < -0.39 is 0 Å². The minimum Gasteiger partial charge on any atom is -0.493 e. The van der Waals surface area contributed by atoms with Gasteiger partial charge in [0.15, 0.2) is 11.5 Å². The van der Waals surface area contributed by atoms with Crippen molar-refractivity contribution in [1.82, 2.24) is 4.90 Å². The average molecular weight is 277 g/mol. The van der Waals surface area contributed by atoms with Gasteiger partial charge in [-0.1, -0.05) is 6.07 Å². The third kappa shape index (κ3) is 2.58. The highest BCUT2D eigenvalue weighted by molar-refractivity contribution is 5.74. The fourth-order valence-corrected chi connectivity index (χ4v) is 2.51. The molecule has 1 aromatic carbocycles. The van der Waals surface area contributed by atoms with Crippen LogP contribution in [0.2, 0.25) is 0 Å². The summed E-state index contributed by atoms with van der Waals surface area (Å²) in [5.74, 6) is 1.57. The number of carbonyl (C=O) groups excluding carboxylic acids is 1. The zero-order valence-electron chi connectivity index (χ0n) is 11.8. The van der Waals surface area contributed by atoms with E-state index in [1.807, 2.05) is 11.0 Å². The molecule has 5 heteroatoms. The number of hydrogen-bond donors (Lipinski definition) is 0. The second-order valence-electron chi connectivity index (χ2n) is 5.19. The minimum absolute atomic E-state index is 0.0925. The highest BCUT2D eigenvalue weighted by atomic mass is 16.6. The first-order valence-electron chi connectivity index (χ1n) is 6.87. The van der Waals surface area contributed by atoms with Gasteiger partial charge in [0.05, 0.1) is 13.7 Å². The molecule has 2 heterocycles. The maximum atomic E-state index is 11.6. The van der Waals surface area contributed by atoms with Gasteiger partial charge in [-0.2, -0.15) is 0 Å². The highest BCUT2D eigenvalue weighted by Crippen LogP contribution is 2.37. The molecular formula is C15H19NO4. The lowest BCUT2D eigenvalue weighted by Gasteiger charge is -2.30. The molecule has 0 bridgehead atoms. The van der Waals surface area contributed by atoms with E-state index in [0.717, 1.165) is 36.6 Å². The predicted octanol–water partition coefficient (Wildman–Crippen LogP) is 1.38. The van der Waals surface area contributed by atoms with E-state index in [1.165, 1.54) is 5.56 Å². The monoisotopic (exact) mass is 277 g/mol. The van der Waals surface area contributed by atoms with E-state index in [-0.39, 0.29) is 12.0 Å². The van der Waals surface area contributed by atoms with Crippen molar-refractivity contribution in [1.29, 1.82) is 0 Å². The van der Waals surface area contributed by atoms with E-state index in [9.17, 15) is 4.79 Å². The van der Waals surface area contributed by atoms with Crippen molar-refractivity contribution in [2.45, 2.75) is 26.0 Å². The number of epoxide rings is 1. The molecular weight excluding hydrogens is 258 g/mol. The van der Waals surface area contributed by atoms with Crippen molar-refractivity contribution in [3.8, 4) is 11.5 Å². The molecule has 1 saturated heterocycles. The summed E-state index contributed by atoms with van der Waals surface area (Å²) in [6.45, 7) is 4.25. The van der Waals surface area contributed by atoms with E-state index >= 15 is 0 Å². The van der Waals surface area contributed by atoms with Gasteiger partial charge in [-0.25, -0.2) is 0 Å². The first-order valence-corrected chi connectivity index (χ1v) is 6.87. The van der Waals surface area contributed by atoms with Crippen molar-refractivity contribution in [3.63, 3.8) is 0 Å². The fraction of sp³-hybridized carbons (Fsp3) is 0.533. The van der Waals surface area contributed by atoms with Gasteiger partial charge in [-0.05, 0) is 18.1 Å². The molecule has 0 N–H and O–H groups in total. The first kappa shape index (κ1) is 13.2. The molecule has 1 unspecified atom stereocenters. The SMILES string of the molecule is COc1ccc2c(c1OCC1CO1)CN(C(C)=O)CC2. The zero-order chi connectivity index (χ0) is 14.1. The van der Waals surface area contributed by atoms with Crippen LogP contribution in [0.1, 0.15) is 18.1 Å². The molecule has 1 aromatic rings. The Labute approximate surface area is 118 Å². The number of hydrogen-bond acceptors (Lipinski definition) is 4. The summed E-state index contributed by atoms with van der Waals surface area (Å²) in [5.41, 5.74) is 2.29. The van der Waals surface area contributed by atoms with E-state index in [1.54, 1.807) is 14.0 Å². The van der Waals surface area contributed by atoms with E-state index in [4.69, 9.17) is 14.2 Å². The Morgan fingerprint density at radius 3 is 2.95 bits per heavy atom. The summed E-state index contributed by atoms with van der Waals surface area (Å²) in [6, 6.07) is 4.00. The topological polar surface area (TPSA) is 51.3 Å². The van der Waals surface area contributed by atoms with Crippen LogP contribution in [0.4, 0.5) is 0 Å². The van der Waals surface area contributed by atoms with E-state index in [2.05, 4.69) is 6.07 Å². The number of amides is 1. The van der Waals surface area contributed by atoms with Gasteiger partial charge < -0.3 is 19.1 Å². The maximum Gasteiger partial charge on any atom is 0.219 e. The molecule has 0 aliphatic carbocycles. The molecule has 2 aliphatic rings. The Morgan fingerprint density at radius 2 is 2.30 bits per heavy atom. The van der Waals surface area contributed by atoms with Gasteiger partial charge in [-0.3, -0.25) is 4.79 Å². The largest absolute Gasteiger partial charge is 0.493 e. The van der Waals surface area contributed by atoms with Gasteiger partial charge in [0.1, 0.15) is 12.7 Å². The quantitative estimate of drug-likeness (QED) is 0.780. The van der Waals surface area contributed by atoms with Gasteiger partial charge in [0, 0.05) is 25.6 Å². The summed E-state index contributed by atoms with van der Waals surface area (Å²) < 4.78 is 16.5. The molecule has 2 aliphatic heterocycles. The highest BCUT2D eigenvalue weighted by Gasteiger charge is 2.27. The van der Waals surface area contributed by atoms with Crippen molar-refractivity contribution in [3.05, 3.63) is 23.3 Å². The number of ether oxygens (including phenoxy) is 3.